The van der Waals surface area contributed by atoms with Gasteiger partial charge in [0.25, 0.3) is 5.91 Å². The molecule has 5 nitrogen and oxygen atoms in total. The quantitative estimate of drug-likeness (QED) is 0.845. The molecule has 1 fully saturated rings. The van der Waals surface area contributed by atoms with Gasteiger partial charge in [-0.1, -0.05) is 25.8 Å². The molecule has 2 rings (SSSR count). The van der Waals surface area contributed by atoms with Crippen molar-refractivity contribution in [1.29, 1.82) is 0 Å². The molecular weight excluding hydrogens is 282 g/mol. The molecule has 0 saturated heterocycles. The monoisotopic (exact) mass is 305 g/mol. The molecule has 0 aromatic heterocycles. The molecule has 1 saturated carbocycles. The van der Waals surface area contributed by atoms with Crippen LogP contribution in [0.5, 0.6) is 0 Å². The average molecular weight is 305 g/mol. The fourth-order valence-corrected chi connectivity index (χ4v) is 2.70. The fraction of sp³-hybridized carbons (Fsp3) is 0.529. The lowest BCUT2D eigenvalue weighted by Crippen LogP contribution is -2.33. The number of hydrogen-bond donors (Lipinski definition) is 2. The SMILES string of the molecule is CCC(OC1CCCC1)C(=O)Nc1cc(C(=O)O)ccc1C. The molecule has 0 spiro atoms. The van der Waals surface area contributed by atoms with Crippen molar-refractivity contribution in [2.75, 3.05) is 5.32 Å². The minimum absolute atomic E-state index is 0.158. The van der Waals surface area contributed by atoms with Crippen LogP contribution in [0, 0.1) is 6.92 Å². The van der Waals surface area contributed by atoms with E-state index in [9.17, 15) is 9.59 Å². The summed E-state index contributed by atoms with van der Waals surface area (Å²) < 4.78 is 5.88. The number of anilines is 1. The lowest BCUT2D eigenvalue weighted by Gasteiger charge is -2.21. The lowest BCUT2D eigenvalue weighted by molar-refractivity contribution is -0.131. The topological polar surface area (TPSA) is 75.6 Å². The summed E-state index contributed by atoms with van der Waals surface area (Å²) in [6.45, 7) is 3.75. The first-order valence-corrected chi connectivity index (χ1v) is 7.81. The first kappa shape index (κ1) is 16.5. The van der Waals surface area contributed by atoms with Crippen LogP contribution in [0.3, 0.4) is 0 Å². The van der Waals surface area contributed by atoms with Crippen LogP contribution >= 0.6 is 0 Å². The average Bonchev–Trinajstić information content (AvgIpc) is 2.99. The van der Waals surface area contributed by atoms with Crippen molar-refractivity contribution in [3.05, 3.63) is 29.3 Å². The Morgan fingerprint density at radius 2 is 2.05 bits per heavy atom. The summed E-state index contributed by atoms with van der Waals surface area (Å²) in [5.74, 6) is -1.22. The van der Waals surface area contributed by atoms with Gasteiger partial charge >= 0.3 is 5.97 Å². The summed E-state index contributed by atoms with van der Waals surface area (Å²) in [5, 5.41) is 11.8. The van der Waals surface area contributed by atoms with Gasteiger partial charge < -0.3 is 15.2 Å². The standard InChI is InChI=1S/C17H23NO4/c1-3-15(22-13-6-4-5-7-13)16(19)18-14-10-12(17(20)21)9-8-11(14)2/h8-10,13,15H,3-7H2,1-2H3,(H,18,19)(H,20,21). The van der Waals surface area contributed by atoms with Crippen molar-refractivity contribution in [1.82, 2.24) is 0 Å². The smallest absolute Gasteiger partial charge is 0.335 e. The maximum atomic E-state index is 12.4. The van der Waals surface area contributed by atoms with E-state index in [0.29, 0.717) is 12.1 Å². The molecule has 22 heavy (non-hydrogen) atoms. The zero-order valence-corrected chi connectivity index (χ0v) is 13.1. The van der Waals surface area contributed by atoms with Crippen molar-refractivity contribution in [3.63, 3.8) is 0 Å². The molecule has 1 aromatic rings. The van der Waals surface area contributed by atoms with Crippen LogP contribution in [0.1, 0.15) is 54.9 Å². The third-order valence-corrected chi connectivity index (χ3v) is 4.06. The second kappa shape index (κ2) is 7.40. The molecular formula is C17H23NO4. The summed E-state index contributed by atoms with van der Waals surface area (Å²) in [6, 6.07) is 4.70. The highest BCUT2D eigenvalue weighted by Crippen LogP contribution is 2.24. The fourth-order valence-electron chi connectivity index (χ4n) is 2.70. The molecule has 0 aliphatic heterocycles. The number of amides is 1. The van der Waals surface area contributed by atoms with Gasteiger partial charge in [0.2, 0.25) is 0 Å². The summed E-state index contributed by atoms with van der Waals surface area (Å²) in [7, 11) is 0. The van der Waals surface area contributed by atoms with Crippen molar-refractivity contribution in [2.45, 2.75) is 58.2 Å². The van der Waals surface area contributed by atoms with Gasteiger partial charge in [0.1, 0.15) is 6.10 Å². The van der Waals surface area contributed by atoms with Gasteiger partial charge in [-0.2, -0.15) is 0 Å². The normalized spacial score (nSPS) is 16.5. The molecule has 1 atom stereocenters. The van der Waals surface area contributed by atoms with Crippen LogP contribution in [0.25, 0.3) is 0 Å². The van der Waals surface area contributed by atoms with Gasteiger partial charge in [-0.15, -0.1) is 0 Å². The Hall–Kier alpha value is -1.88. The number of carboxylic acids is 1. The molecule has 1 aromatic carbocycles. The maximum Gasteiger partial charge on any atom is 0.335 e. The molecule has 5 heteroatoms. The number of nitrogens with one attached hydrogen (secondary N) is 1. The van der Waals surface area contributed by atoms with Crippen LogP contribution in [-0.4, -0.2) is 29.2 Å². The number of ether oxygens (including phenoxy) is 1. The number of carbonyl (C=O) groups excluding carboxylic acids is 1. The highest BCUT2D eigenvalue weighted by atomic mass is 16.5. The van der Waals surface area contributed by atoms with Crippen molar-refractivity contribution in [2.24, 2.45) is 0 Å². The molecule has 120 valence electrons. The number of benzene rings is 1. The molecule has 1 unspecified atom stereocenters. The van der Waals surface area contributed by atoms with Gasteiger partial charge in [-0.05, 0) is 43.9 Å². The maximum absolute atomic E-state index is 12.4. The van der Waals surface area contributed by atoms with E-state index in [1.165, 1.54) is 12.1 Å². The first-order valence-electron chi connectivity index (χ1n) is 7.81. The van der Waals surface area contributed by atoms with E-state index in [1.807, 2.05) is 13.8 Å². The van der Waals surface area contributed by atoms with Gasteiger partial charge in [0.05, 0.1) is 11.7 Å². The van der Waals surface area contributed by atoms with Gasteiger partial charge in [0.15, 0.2) is 0 Å². The highest BCUT2D eigenvalue weighted by molar-refractivity contribution is 5.96. The number of carbonyl (C=O) groups is 2. The Kier molecular flexibility index (Phi) is 5.55. The van der Waals surface area contributed by atoms with E-state index in [-0.39, 0.29) is 17.6 Å². The Morgan fingerprint density at radius 1 is 1.36 bits per heavy atom. The Morgan fingerprint density at radius 3 is 2.64 bits per heavy atom. The minimum Gasteiger partial charge on any atom is -0.478 e. The molecule has 1 amide bonds. The van der Waals surface area contributed by atoms with E-state index in [2.05, 4.69) is 5.32 Å². The van der Waals surface area contributed by atoms with Crippen LogP contribution in [0.4, 0.5) is 5.69 Å². The Balaban J connectivity index is 2.05. The minimum atomic E-state index is -1.01. The molecule has 1 aliphatic carbocycles. The Bertz CT molecular complexity index is 550. The van der Waals surface area contributed by atoms with E-state index in [4.69, 9.17) is 9.84 Å². The van der Waals surface area contributed by atoms with Crippen molar-refractivity contribution >= 4 is 17.6 Å². The second-order valence-electron chi connectivity index (χ2n) is 5.76. The van der Waals surface area contributed by atoms with Crippen LogP contribution in [-0.2, 0) is 9.53 Å². The predicted molar refractivity (Wildman–Crippen MR) is 84.2 cm³/mol. The summed E-state index contributed by atoms with van der Waals surface area (Å²) >= 11 is 0. The Labute approximate surface area is 130 Å². The van der Waals surface area contributed by atoms with E-state index >= 15 is 0 Å². The summed E-state index contributed by atoms with van der Waals surface area (Å²) in [6.07, 6.45) is 4.61. The van der Waals surface area contributed by atoms with E-state index in [0.717, 1.165) is 31.2 Å². The number of carboxylic acid groups (broad SMARTS) is 1. The molecule has 2 N–H and O–H groups in total. The van der Waals surface area contributed by atoms with Crippen LogP contribution < -0.4 is 5.32 Å². The lowest BCUT2D eigenvalue weighted by atomic mass is 10.1. The first-order chi connectivity index (χ1) is 10.5. The number of aromatic carboxylic acids is 1. The van der Waals surface area contributed by atoms with E-state index < -0.39 is 12.1 Å². The van der Waals surface area contributed by atoms with Gasteiger partial charge in [0, 0.05) is 5.69 Å². The van der Waals surface area contributed by atoms with E-state index in [1.54, 1.807) is 6.07 Å². The van der Waals surface area contributed by atoms with Gasteiger partial charge in [-0.3, -0.25) is 4.79 Å². The number of hydrogen-bond acceptors (Lipinski definition) is 3. The third kappa shape index (κ3) is 4.07. The zero-order valence-electron chi connectivity index (χ0n) is 13.1. The molecule has 0 radical (unpaired) electrons. The van der Waals surface area contributed by atoms with Crippen LogP contribution in [0.2, 0.25) is 0 Å². The third-order valence-electron chi connectivity index (χ3n) is 4.06. The second-order valence-corrected chi connectivity index (χ2v) is 5.76. The molecule has 0 bridgehead atoms. The predicted octanol–water partition coefficient (Wildman–Crippen LogP) is 3.37. The van der Waals surface area contributed by atoms with Crippen molar-refractivity contribution in [3.8, 4) is 0 Å². The highest BCUT2D eigenvalue weighted by Gasteiger charge is 2.24. The molecule has 0 heterocycles. The van der Waals surface area contributed by atoms with Crippen LogP contribution in [0.15, 0.2) is 18.2 Å². The largest absolute Gasteiger partial charge is 0.478 e. The number of aryl methyl sites for hydroxylation is 1. The van der Waals surface area contributed by atoms with Gasteiger partial charge in [-0.25, -0.2) is 4.79 Å². The molecule has 1 aliphatic rings. The summed E-state index contributed by atoms with van der Waals surface area (Å²) in [4.78, 5) is 23.4. The summed E-state index contributed by atoms with van der Waals surface area (Å²) in [5.41, 5.74) is 1.51. The number of rotatable bonds is 6. The van der Waals surface area contributed by atoms with Crippen molar-refractivity contribution < 1.29 is 19.4 Å². The zero-order chi connectivity index (χ0) is 16.1.